The summed E-state index contributed by atoms with van der Waals surface area (Å²) in [6.45, 7) is 2.93. The van der Waals surface area contributed by atoms with Crippen molar-refractivity contribution >= 4 is 0 Å². The van der Waals surface area contributed by atoms with E-state index in [-0.39, 0.29) is 51.4 Å². The van der Waals surface area contributed by atoms with Crippen LogP contribution in [0.1, 0.15) is 19.8 Å². The molecule has 0 aromatic carbocycles. The second-order valence-electron chi connectivity index (χ2n) is 1.26. The molecule has 0 saturated heterocycles. The molecule has 0 radical (unpaired) electrons. The van der Waals surface area contributed by atoms with Gasteiger partial charge in [-0.2, -0.15) is 0 Å². The minimum Gasteiger partial charge on any atom is -0.600 e. The fourth-order valence-electron chi connectivity index (χ4n) is 0.249. The molecule has 0 fully saturated rings. The Balaban J connectivity index is 0. The molecule has 2 nitrogen and oxygen atoms in total. The predicted molar refractivity (Wildman–Crippen MR) is 27.3 cm³/mol. The summed E-state index contributed by atoms with van der Waals surface area (Å²) in [5.74, 6) is 4.84. The smallest absolute Gasteiger partial charge is 0.600 e. The Bertz CT molecular complexity index is 21.7. The molecule has 38 valence electrons. The van der Waals surface area contributed by atoms with Crippen molar-refractivity contribution in [1.29, 1.82) is 0 Å². The molecule has 2 N–H and O–H groups in total. The Morgan fingerprint density at radius 2 is 2.14 bits per heavy atom. The van der Waals surface area contributed by atoms with E-state index < -0.39 is 0 Å². The van der Waals surface area contributed by atoms with Gasteiger partial charge >= 0.3 is 51.4 Å². The average Bonchev–Trinajstić information content (AvgIpc) is 1.61. The van der Waals surface area contributed by atoms with Gasteiger partial charge < -0.3 is 11.3 Å². The molecule has 0 atom stereocenters. The van der Waals surface area contributed by atoms with Gasteiger partial charge in [-0.05, 0) is 0 Å². The van der Waals surface area contributed by atoms with Crippen LogP contribution in [0, 0.1) is 0 Å². The summed E-state index contributed by atoms with van der Waals surface area (Å²) in [6.07, 6.45) is 2.30. The average molecular weight is 126 g/mol. The fraction of sp³-hybridized carbons (Fsp3) is 1.00. The number of rotatable bonds is 3. The zero-order valence-electron chi connectivity index (χ0n) is 5.15. The standard InChI is InChI=1S/C4H11N2.K/c1-2-3-4-6-5;/h2-5H2,1H3;/q-1;+1. The molecule has 0 spiro atoms. The third-order valence-electron chi connectivity index (χ3n) is 0.641. The van der Waals surface area contributed by atoms with E-state index in [1.807, 2.05) is 0 Å². The van der Waals surface area contributed by atoms with Crippen molar-refractivity contribution < 1.29 is 51.4 Å². The van der Waals surface area contributed by atoms with Gasteiger partial charge in [0, 0.05) is 0 Å². The van der Waals surface area contributed by atoms with Crippen LogP contribution >= 0.6 is 0 Å². The van der Waals surface area contributed by atoms with E-state index in [2.05, 4.69) is 12.3 Å². The minimum absolute atomic E-state index is 0. The number of nitrogens with two attached hydrogens (primary N) is 1. The Morgan fingerprint density at radius 1 is 1.57 bits per heavy atom. The van der Waals surface area contributed by atoms with Gasteiger partial charge in [-0.1, -0.05) is 19.8 Å². The molecule has 0 aliphatic rings. The Hall–Kier alpha value is 1.56. The number of hydrogen-bond acceptors (Lipinski definition) is 1. The molecule has 0 aliphatic heterocycles. The van der Waals surface area contributed by atoms with Crippen LogP contribution in [0.4, 0.5) is 0 Å². The van der Waals surface area contributed by atoms with Crippen LogP contribution in [-0.4, -0.2) is 6.54 Å². The predicted octanol–water partition coefficient (Wildman–Crippen LogP) is -1.96. The van der Waals surface area contributed by atoms with Gasteiger partial charge in [0.15, 0.2) is 0 Å². The maximum absolute atomic E-state index is 4.84. The molecule has 0 aliphatic carbocycles. The third kappa shape index (κ3) is 11.2. The van der Waals surface area contributed by atoms with Gasteiger partial charge in [-0.3, -0.25) is 0 Å². The van der Waals surface area contributed by atoms with Gasteiger partial charge in [-0.25, -0.2) is 0 Å². The second-order valence-corrected chi connectivity index (χ2v) is 1.26. The van der Waals surface area contributed by atoms with Crippen LogP contribution in [0.25, 0.3) is 5.43 Å². The van der Waals surface area contributed by atoms with Crippen LogP contribution in [0.5, 0.6) is 0 Å². The summed E-state index contributed by atoms with van der Waals surface area (Å²) in [7, 11) is 0. The SMILES string of the molecule is CCCC[N-]N.[K+]. The van der Waals surface area contributed by atoms with E-state index in [4.69, 9.17) is 5.84 Å². The van der Waals surface area contributed by atoms with E-state index >= 15 is 0 Å². The molecule has 0 saturated carbocycles. The molecule has 3 heteroatoms. The first-order chi connectivity index (χ1) is 2.91. The van der Waals surface area contributed by atoms with Crippen molar-refractivity contribution in [2.75, 3.05) is 6.54 Å². The molecule has 7 heavy (non-hydrogen) atoms. The monoisotopic (exact) mass is 126 g/mol. The van der Waals surface area contributed by atoms with Crippen LogP contribution in [-0.2, 0) is 0 Å². The molecule has 0 bridgehead atoms. The molecule has 0 unspecified atom stereocenters. The fourth-order valence-corrected chi connectivity index (χ4v) is 0.249. The van der Waals surface area contributed by atoms with E-state index in [1.165, 1.54) is 6.42 Å². The summed E-state index contributed by atoms with van der Waals surface area (Å²) < 4.78 is 0. The van der Waals surface area contributed by atoms with E-state index in [1.54, 1.807) is 0 Å². The van der Waals surface area contributed by atoms with Crippen LogP contribution in [0.3, 0.4) is 0 Å². The molecule has 0 aromatic rings. The number of nitrogens with zero attached hydrogens (tertiary/aromatic N) is 1. The van der Waals surface area contributed by atoms with Crippen LogP contribution in [0.15, 0.2) is 0 Å². The Morgan fingerprint density at radius 3 is 2.29 bits per heavy atom. The summed E-state index contributed by atoms with van der Waals surface area (Å²) in [5, 5.41) is 0. The van der Waals surface area contributed by atoms with Crippen molar-refractivity contribution in [2.24, 2.45) is 5.84 Å². The molecule has 0 heterocycles. The minimum atomic E-state index is 0. The topological polar surface area (TPSA) is 40.1 Å². The summed E-state index contributed by atoms with van der Waals surface area (Å²) in [6, 6.07) is 0. The second kappa shape index (κ2) is 10.5. The van der Waals surface area contributed by atoms with Crippen molar-refractivity contribution in [3.8, 4) is 0 Å². The van der Waals surface area contributed by atoms with Gasteiger partial charge in [0.25, 0.3) is 0 Å². The number of hydrogen-bond donors (Lipinski definition) is 1. The first-order valence-electron chi connectivity index (χ1n) is 2.28. The van der Waals surface area contributed by atoms with Crippen molar-refractivity contribution in [3.05, 3.63) is 5.43 Å². The summed E-state index contributed by atoms with van der Waals surface area (Å²) in [4.78, 5) is 0. The molecule has 0 rings (SSSR count). The summed E-state index contributed by atoms with van der Waals surface area (Å²) in [5.41, 5.74) is 3.43. The maximum atomic E-state index is 4.84. The van der Waals surface area contributed by atoms with Crippen molar-refractivity contribution in [2.45, 2.75) is 19.8 Å². The summed E-state index contributed by atoms with van der Waals surface area (Å²) >= 11 is 0. The van der Waals surface area contributed by atoms with Crippen molar-refractivity contribution in [1.82, 2.24) is 0 Å². The van der Waals surface area contributed by atoms with Gasteiger partial charge in [0.05, 0.1) is 0 Å². The van der Waals surface area contributed by atoms with Crippen LogP contribution in [0.2, 0.25) is 0 Å². The molecule has 0 aromatic heterocycles. The van der Waals surface area contributed by atoms with E-state index in [0.29, 0.717) is 0 Å². The molecular weight excluding hydrogens is 115 g/mol. The zero-order valence-corrected chi connectivity index (χ0v) is 8.27. The number of unbranched alkanes of at least 4 members (excludes halogenated alkanes) is 1. The van der Waals surface area contributed by atoms with Crippen molar-refractivity contribution in [3.63, 3.8) is 0 Å². The Labute approximate surface area is 87.6 Å². The van der Waals surface area contributed by atoms with E-state index in [9.17, 15) is 0 Å². The Kier molecular flexibility index (Phi) is 17.1. The first kappa shape index (κ1) is 11.4. The molecule has 0 amide bonds. The van der Waals surface area contributed by atoms with E-state index in [0.717, 1.165) is 13.0 Å². The van der Waals surface area contributed by atoms with Gasteiger partial charge in [-0.15, -0.1) is 6.54 Å². The largest absolute Gasteiger partial charge is 1.00 e. The third-order valence-corrected chi connectivity index (χ3v) is 0.641. The van der Waals surface area contributed by atoms with Gasteiger partial charge in [0.2, 0.25) is 0 Å². The maximum Gasteiger partial charge on any atom is 1.00 e. The van der Waals surface area contributed by atoms with Gasteiger partial charge in [0.1, 0.15) is 0 Å². The normalized spacial score (nSPS) is 7.71. The quantitative estimate of drug-likeness (QED) is 0.203. The zero-order chi connectivity index (χ0) is 4.83. The molecular formula is C4H11KN2. The first-order valence-corrected chi connectivity index (χ1v) is 2.28. The van der Waals surface area contributed by atoms with Crippen LogP contribution < -0.4 is 57.2 Å².